The highest BCUT2D eigenvalue weighted by atomic mass is 32.2. The Morgan fingerprint density at radius 2 is 1.53 bits per heavy atom. The highest BCUT2D eigenvalue weighted by Crippen LogP contribution is 2.34. The van der Waals surface area contributed by atoms with Crippen LogP contribution in [0.2, 0.25) is 0 Å². The number of nitrogens with zero attached hydrogens (tertiary/aromatic N) is 2. The van der Waals surface area contributed by atoms with Gasteiger partial charge in [0.25, 0.3) is 15.9 Å². The molecule has 0 unspecified atom stereocenters. The average molecular weight is 477 g/mol. The summed E-state index contributed by atoms with van der Waals surface area (Å²) in [5.41, 5.74) is 6.15. The van der Waals surface area contributed by atoms with Crippen molar-refractivity contribution in [1.29, 1.82) is 0 Å². The number of allylic oxidation sites excluding steroid dienone is 5. The summed E-state index contributed by atoms with van der Waals surface area (Å²) in [6.07, 6.45) is 8.29. The number of carbonyl (C=O) groups excluding carboxylic acids is 1. The van der Waals surface area contributed by atoms with Gasteiger partial charge in [0, 0.05) is 30.9 Å². The van der Waals surface area contributed by atoms with E-state index in [1.807, 2.05) is 7.05 Å². The Balaban J connectivity index is 1.87. The molecule has 0 aromatic heterocycles. The molecule has 1 aliphatic heterocycles. The first-order valence-corrected chi connectivity index (χ1v) is 13.0. The van der Waals surface area contributed by atoms with Gasteiger partial charge in [0.2, 0.25) is 0 Å². The van der Waals surface area contributed by atoms with Crippen LogP contribution in [-0.4, -0.2) is 51.3 Å². The monoisotopic (exact) mass is 476 g/mol. The van der Waals surface area contributed by atoms with Crippen LogP contribution in [0.15, 0.2) is 77.2 Å². The lowest BCUT2D eigenvalue weighted by Crippen LogP contribution is -2.21. The number of rotatable bonds is 6. The minimum absolute atomic E-state index is 0.0254. The van der Waals surface area contributed by atoms with Crippen LogP contribution in [0.5, 0.6) is 0 Å². The summed E-state index contributed by atoms with van der Waals surface area (Å²) < 4.78 is 28.7. The molecule has 6 nitrogen and oxygen atoms in total. The fraction of sp³-hybridized carbons (Fsp3) is 0.259. The van der Waals surface area contributed by atoms with Crippen molar-refractivity contribution in [2.75, 3.05) is 31.6 Å². The maximum Gasteiger partial charge on any atom is 0.266 e. The van der Waals surface area contributed by atoms with Crippen LogP contribution in [0.4, 0.5) is 5.69 Å². The maximum absolute atomic E-state index is 12.4. The molecule has 1 amide bonds. The van der Waals surface area contributed by atoms with Crippen LogP contribution >= 0.6 is 0 Å². The Hall–Kier alpha value is -3.45. The van der Waals surface area contributed by atoms with Crippen LogP contribution in [0.3, 0.4) is 0 Å². The molecule has 2 aliphatic rings. The molecule has 34 heavy (non-hydrogen) atoms. The SMILES string of the molecule is CCN(CC)c1ccc(C(=C2C=CC(=[N+](C)CC)C=C2)c2ccc3c(c2)C(=O)NS3(=O)=O)cc1. The van der Waals surface area contributed by atoms with Gasteiger partial charge in [0.05, 0.1) is 5.56 Å². The zero-order valence-corrected chi connectivity index (χ0v) is 20.8. The fourth-order valence-electron chi connectivity index (χ4n) is 4.32. The Morgan fingerprint density at radius 1 is 0.912 bits per heavy atom. The predicted octanol–water partition coefficient (Wildman–Crippen LogP) is 4.00. The third-order valence-electron chi connectivity index (χ3n) is 6.39. The Bertz CT molecular complexity index is 1340. The second-order valence-electron chi connectivity index (χ2n) is 8.30. The highest BCUT2D eigenvalue weighted by molar-refractivity contribution is 7.90. The predicted molar refractivity (Wildman–Crippen MR) is 137 cm³/mol. The van der Waals surface area contributed by atoms with E-state index in [9.17, 15) is 13.2 Å². The first kappa shape index (κ1) is 23.7. The fourth-order valence-corrected chi connectivity index (χ4v) is 5.47. The Morgan fingerprint density at radius 3 is 2.12 bits per heavy atom. The molecule has 7 heteroatoms. The summed E-state index contributed by atoms with van der Waals surface area (Å²) in [4.78, 5) is 14.7. The Kier molecular flexibility index (Phi) is 6.57. The molecular weight excluding hydrogens is 446 g/mol. The Labute approximate surface area is 201 Å². The van der Waals surface area contributed by atoms with Crippen LogP contribution < -0.4 is 9.62 Å². The van der Waals surface area contributed by atoms with Gasteiger partial charge in [-0.15, -0.1) is 0 Å². The van der Waals surface area contributed by atoms with E-state index in [-0.39, 0.29) is 10.5 Å². The third kappa shape index (κ3) is 4.35. The van der Waals surface area contributed by atoms with E-state index in [1.165, 1.54) is 6.07 Å². The van der Waals surface area contributed by atoms with Crippen molar-refractivity contribution in [3.05, 3.63) is 89.0 Å². The second kappa shape index (κ2) is 9.43. The summed E-state index contributed by atoms with van der Waals surface area (Å²) in [7, 11) is -1.74. The standard InChI is InChI=1S/C27H29N3O3S/c1-5-29(4)22-13-8-19(9-14-22)26(20-10-15-23(16-11-20)30(6-2)7-3)21-12-17-25-24(18-21)27(31)28-34(25,32)33/h8-18H,5-7H2,1-4H3/p+1. The lowest BCUT2D eigenvalue weighted by Gasteiger charge is -2.22. The minimum atomic E-state index is -3.79. The average Bonchev–Trinajstić information content (AvgIpc) is 3.08. The number of hydrogen-bond acceptors (Lipinski definition) is 4. The smallest absolute Gasteiger partial charge is 0.266 e. The van der Waals surface area contributed by atoms with Gasteiger partial charge in [0.1, 0.15) is 18.5 Å². The van der Waals surface area contributed by atoms with Gasteiger partial charge in [-0.3, -0.25) is 4.79 Å². The molecule has 4 rings (SSSR count). The van der Waals surface area contributed by atoms with Crippen molar-refractivity contribution < 1.29 is 17.8 Å². The van der Waals surface area contributed by atoms with Gasteiger partial charge in [-0.2, -0.15) is 0 Å². The van der Waals surface area contributed by atoms with E-state index in [2.05, 4.69) is 83.5 Å². The summed E-state index contributed by atoms with van der Waals surface area (Å²) in [5, 5.41) is 0. The minimum Gasteiger partial charge on any atom is -0.372 e. The van der Waals surface area contributed by atoms with Gasteiger partial charge < -0.3 is 4.90 Å². The quantitative estimate of drug-likeness (QED) is 0.640. The number of sulfonamides is 1. The molecule has 0 saturated carbocycles. The van der Waals surface area contributed by atoms with Crippen molar-refractivity contribution >= 4 is 32.9 Å². The van der Waals surface area contributed by atoms with Gasteiger partial charge >= 0.3 is 0 Å². The third-order valence-corrected chi connectivity index (χ3v) is 7.77. The van der Waals surface area contributed by atoms with Crippen molar-refractivity contribution in [2.45, 2.75) is 25.7 Å². The molecule has 1 aliphatic carbocycles. The van der Waals surface area contributed by atoms with E-state index >= 15 is 0 Å². The van der Waals surface area contributed by atoms with E-state index in [1.54, 1.807) is 12.1 Å². The molecule has 1 N–H and O–H groups in total. The molecule has 0 fully saturated rings. The normalized spacial score (nSPS) is 15.8. The van der Waals surface area contributed by atoms with Crippen LogP contribution in [0, 0.1) is 0 Å². The number of nitrogens with one attached hydrogen (secondary N) is 1. The van der Waals surface area contributed by atoms with Crippen LogP contribution in [0.1, 0.15) is 42.3 Å². The molecule has 0 saturated heterocycles. The zero-order chi connectivity index (χ0) is 24.5. The van der Waals surface area contributed by atoms with Crippen molar-refractivity contribution in [3.8, 4) is 0 Å². The topological polar surface area (TPSA) is 69.5 Å². The van der Waals surface area contributed by atoms with E-state index in [0.29, 0.717) is 0 Å². The van der Waals surface area contributed by atoms with Gasteiger partial charge in [-0.25, -0.2) is 17.7 Å². The lowest BCUT2D eigenvalue weighted by molar-refractivity contribution is -0.491. The molecule has 2 aromatic carbocycles. The first-order valence-electron chi connectivity index (χ1n) is 11.5. The van der Waals surface area contributed by atoms with Crippen molar-refractivity contribution in [2.24, 2.45) is 0 Å². The number of amides is 1. The number of carbonyl (C=O) groups is 1. The highest BCUT2D eigenvalue weighted by Gasteiger charge is 2.33. The van der Waals surface area contributed by atoms with Gasteiger partial charge in [-0.05, 0) is 79.5 Å². The van der Waals surface area contributed by atoms with E-state index < -0.39 is 15.9 Å². The summed E-state index contributed by atoms with van der Waals surface area (Å²) in [6, 6.07) is 13.3. The van der Waals surface area contributed by atoms with Crippen LogP contribution in [0.25, 0.3) is 5.57 Å². The lowest BCUT2D eigenvalue weighted by atomic mass is 9.89. The molecule has 0 radical (unpaired) electrons. The first-order chi connectivity index (χ1) is 16.3. The molecule has 0 atom stereocenters. The molecule has 0 bridgehead atoms. The number of fused-ring (bicyclic) bond motifs is 1. The van der Waals surface area contributed by atoms with Crippen molar-refractivity contribution in [1.82, 2.24) is 4.72 Å². The zero-order valence-electron chi connectivity index (χ0n) is 20.0. The second-order valence-corrected chi connectivity index (χ2v) is 9.95. The maximum atomic E-state index is 12.4. The molecule has 176 valence electrons. The van der Waals surface area contributed by atoms with Gasteiger partial charge in [-0.1, -0.05) is 18.2 Å². The number of hydrogen-bond donors (Lipinski definition) is 1. The van der Waals surface area contributed by atoms with E-state index in [0.717, 1.165) is 53.3 Å². The molecule has 2 aromatic rings. The van der Waals surface area contributed by atoms with E-state index in [4.69, 9.17) is 0 Å². The van der Waals surface area contributed by atoms with Gasteiger partial charge in [0.15, 0.2) is 5.71 Å². The molecular formula is C27H30N3O3S+. The number of benzene rings is 2. The summed E-state index contributed by atoms with van der Waals surface area (Å²) in [5.74, 6) is -0.590. The largest absolute Gasteiger partial charge is 0.372 e. The number of anilines is 1. The molecule has 1 heterocycles. The summed E-state index contributed by atoms with van der Waals surface area (Å²) in [6.45, 7) is 9.12. The molecule has 0 spiro atoms. The van der Waals surface area contributed by atoms with Crippen molar-refractivity contribution in [3.63, 3.8) is 0 Å². The summed E-state index contributed by atoms with van der Waals surface area (Å²) >= 11 is 0. The van der Waals surface area contributed by atoms with Crippen LogP contribution in [-0.2, 0) is 10.0 Å².